The van der Waals surface area contributed by atoms with Crippen LogP contribution in [0.15, 0.2) is 0 Å². The minimum atomic E-state index is -1.62. The van der Waals surface area contributed by atoms with Crippen LogP contribution in [0.1, 0.15) is 194 Å². The van der Waals surface area contributed by atoms with Crippen LogP contribution in [0.4, 0.5) is 0 Å². The SMILES string of the molecule is CC(C)O.CC(C)O.CC(C)O.CC(C)O.CC(C)O.CC(C)O.CC(C)O.CC(C)O.CC(C)O.CC(C)O.CC(O)O.CC(O)O.CC(O)O.CC(O)O.CC(O)O.CC(O)[O][Pb].CC(O)[O][Pb][O]C(C)O.O.O.O.O.O.O.O.O.[Pb].[Zr].[Zr].[Zr].[Zr].[Zr].[Zr].[Zr]. The van der Waals surface area contributed by atoms with Crippen LogP contribution in [-0.2, 0) is 191 Å². The quantitative estimate of drug-likeness (QED) is 0.0898. The fraction of sp³-hybridized carbons (Fsp3) is 1.00. The largest absolute Gasteiger partial charge is 0.412 e. The number of aliphatic hydroxyl groups is 23. The molecule has 44 heteroatoms. The standard InChI is InChI=1S/10C3H8O.5C2H6O2.3C2H5O2.8H2O.3Pb.7Zr/c10*1-3(2)4;8*1-2(3)4;;;;;;;;;;;;;;;;;;/h10*3-4H,1-2H3;5*2-4H,1H3;3*2-3H,1H3;8*1H2;;;;;;;;;;/q;;;;;;;;;;;;;;;3*-1;;;;;;;;;;+1;+2;;;;;;;. The van der Waals surface area contributed by atoms with E-state index in [0.29, 0.717) is 26.2 Å². The van der Waals surface area contributed by atoms with Gasteiger partial charge >= 0.3 is 114 Å². The van der Waals surface area contributed by atoms with E-state index in [1.54, 1.807) is 145 Å². The van der Waals surface area contributed by atoms with Crippen LogP contribution in [0, 0.1) is 0 Å². The van der Waals surface area contributed by atoms with Crippen LogP contribution in [-0.4, -0.2) is 351 Å². The van der Waals surface area contributed by atoms with E-state index in [2.05, 4.69) is 2.69 Å². The summed E-state index contributed by atoms with van der Waals surface area (Å²) in [4.78, 5) is 0. The molecule has 0 aromatic rings. The molecule has 0 amide bonds. The normalized spacial score (nSPS) is 8.57. The Morgan fingerprint density at radius 1 is 0.200 bits per heavy atom. The van der Waals surface area contributed by atoms with E-state index in [1.165, 1.54) is 48.5 Å². The Hall–Kier alpha value is 7.59. The van der Waals surface area contributed by atoms with Crippen molar-refractivity contribution in [3.8, 4) is 0 Å². The van der Waals surface area contributed by atoms with Crippen molar-refractivity contribution in [3.05, 3.63) is 0 Å². The van der Waals surface area contributed by atoms with E-state index in [9.17, 15) is 0 Å². The smallest absolute Gasteiger partial charge is 0 e. The second-order valence-corrected chi connectivity index (χ2v) is 19.7. The van der Waals surface area contributed by atoms with Crippen LogP contribution in [0.2, 0.25) is 0 Å². The van der Waals surface area contributed by atoms with E-state index in [0.717, 1.165) is 0 Å². The second kappa shape index (κ2) is 205. The molecule has 0 bridgehead atoms. The summed E-state index contributed by atoms with van der Waals surface area (Å²) in [5, 5.41) is 182. The van der Waals surface area contributed by atoms with Crippen molar-refractivity contribution in [1.82, 2.24) is 0 Å². The molecule has 569 valence electrons. The summed E-state index contributed by atoms with van der Waals surface area (Å²) in [5.74, 6) is 0. The molecular weight excluding hydrogens is 2360 g/mol. The van der Waals surface area contributed by atoms with Gasteiger partial charge in [0.1, 0.15) is 31.5 Å². The van der Waals surface area contributed by atoms with Gasteiger partial charge in [-0.15, -0.1) is 0 Å². The summed E-state index contributed by atoms with van der Waals surface area (Å²) in [6.45, 7) is 45.4. The molecule has 3 atom stereocenters. The molecule has 0 spiro atoms. The van der Waals surface area contributed by atoms with Gasteiger partial charge in [0.25, 0.3) is 0 Å². The molecule has 0 fully saturated rings. The summed E-state index contributed by atoms with van der Waals surface area (Å²) >= 11 is -0.998. The Balaban J connectivity index is -0.0000000123. The minimum absolute atomic E-state index is 0. The van der Waals surface area contributed by atoms with Crippen molar-refractivity contribution >= 4 is 78.7 Å². The van der Waals surface area contributed by atoms with Crippen molar-refractivity contribution in [3.63, 3.8) is 0 Å². The van der Waals surface area contributed by atoms with E-state index in [1.807, 2.05) is 0 Å². The van der Waals surface area contributed by atoms with Crippen LogP contribution in [0.25, 0.3) is 0 Å². The van der Waals surface area contributed by atoms with Gasteiger partial charge in [-0.1, -0.05) is 0 Å². The Kier molecular flexibility index (Phi) is 497. The maximum absolute atomic E-state index is 8.53. The summed E-state index contributed by atoms with van der Waals surface area (Å²) in [5.41, 5.74) is 0. The number of hydrogen-bond donors (Lipinski definition) is 23. The van der Waals surface area contributed by atoms with Gasteiger partial charge in [0.2, 0.25) is 0 Å². The first kappa shape index (κ1) is 218. The average Bonchev–Trinajstić information content (AvgIpc) is 3.01. The molecule has 0 heterocycles. The fourth-order valence-corrected chi connectivity index (χ4v) is 1.47. The van der Waals surface area contributed by atoms with Crippen LogP contribution in [0.5, 0.6) is 0 Å². The van der Waals surface area contributed by atoms with E-state index in [-0.39, 0.29) is 316 Å². The Morgan fingerprint density at radius 3 is 0.267 bits per heavy atom. The topological polar surface area (TPSA) is 745 Å². The monoisotopic (exact) mass is 2490 g/mol. The van der Waals surface area contributed by atoms with Crippen LogP contribution in [0.3, 0.4) is 0 Å². The average molecular weight is 2500 g/mol. The molecule has 0 aliphatic rings. The van der Waals surface area contributed by atoms with Gasteiger partial charge in [-0.2, -0.15) is 0 Å². The maximum atomic E-state index is 8.53. The number of aliphatic hydroxyl groups excluding tert-OH is 18. The molecule has 0 rings (SSSR count). The summed E-state index contributed by atoms with van der Waals surface area (Å²) in [6, 6.07) is 0. The van der Waals surface area contributed by atoms with Gasteiger partial charge in [0.05, 0.1) is 0 Å². The third kappa shape index (κ3) is 3520. The first-order valence-corrected chi connectivity index (χ1v) is 28.2. The summed E-state index contributed by atoms with van der Waals surface area (Å²) < 4.78 is 13.9. The number of rotatable bonds is 5. The van der Waals surface area contributed by atoms with Gasteiger partial charge in [-0.05, 0) is 173 Å². The zero-order valence-corrected chi connectivity index (χ0v) is 87.8. The van der Waals surface area contributed by atoms with Gasteiger partial charge in [0.15, 0.2) is 0 Å². The predicted molar refractivity (Wildman–Crippen MR) is 328 cm³/mol. The third-order valence-electron chi connectivity index (χ3n) is 0.608. The molecule has 0 saturated heterocycles. The van der Waals surface area contributed by atoms with Gasteiger partial charge in [0, 0.05) is 272 Å². The molecule has 34 nitrogen and oxygen atoms in total. The number of hydrogen-bond acceptors (Lipinski definition) is 26. The summed E-state index contributed by atoms with van der Waals surface area (Å²) in [7, 11) is 0. The first-order chi connectivity index (χ1) is 32.4. The maximum Gasteiger partial charge on any atom is 0 e. The molecule has 3 unspecified atom stereocenters. The summed E-state index contributed by atoms with van der Waals surface area (Å²) in [6.07, 6.45) is -9.57. The van der Waals surface area contributed by atoms with Gasteiger partial charge in [-0.3, -0.25) is 0 Å². The molecule has 0 aromatic carbocycles. The molecular formula is C46H141O34Pb3Zr7. The Morgan fingerprint density at radius 2 is 0.244 bits per heavy atom. The van der Waals surface area contributed by atoms with Crippen molar-refractivity contribution in [2.24, 2.45) is 0 Å². The van der Waals surface area contributed by atoms with Crippen molar-refractivity contribution in [1.29, 1.82) is 0 Å². The van der Waals surface area contributed by atoms with E-state index >= 15 is 0 Å². The van der Waals surface area contributed by atoms with E-state index in [4.69, 9.17) is 123 Å². The predicted octanol–water partition coefficient (Wildman–Crippen LogP) is -7.88. The molecule has 0 aliphatic heterocycles. The molecule has 0 saturated carbocycles. The zero-order valence-electron chi connectivity index (χ0n) is 58.9. The van der Waals surface area contributed by atoms with Crippen molar-refractivity contribution < 1.29 is 353 Å². The molecule has 90 heavy (non-hydrogen) atoms. The molecule has 0 aromatic heterocycles. The molecule has 9 radical (unpaired) electrons. The molecule has 0 aliphatic carbocycles. The fourth-order valence-electron chi connectivity index (χ4n) is 0.167. The molecule has 39 N–H and O–H groups in total. The van der Waals surface area contributed by atoms with Gasteiger partial charge in [-0.25, -0.2) is 0 Å². The van der Waals surface area contributed by atoms with Crippen LogP contribution >= 0.6 is 0 Å². The Labute approximate surface area is 726 Å². The second-order valence-electron chi connectivity index (χ2n) is 16.3. The van der Waals surface area contributed by atoms with Crippen molar-refractivity contribution in [2.45, 2.75) is 305 Å². The van der Waals surface area contributed by atoms with Crippen molar-refractivity contribution in [2.75, 3.05) is 0 Å². The minimum Gasteiger partial charge on any atom is -0.412 e. The first-order valence-electron chi connectivity index (χ1n) is 23.4. The third-order valence-corrected chi connectivity index (χ3v) is 5.33. The zero-order chi connectivity index (χ0) is 65.2. The Bertz CT molecular complexity index is 551. The van der Waals surface area contributed by atoms with Gasteiger partial charge < -0.3 is 146 Å². The van der Waals surface area contributed by atoms with E-state index < -0.39 is 75.5 Å². The van der Waals surface area contributed by atoms with Crippen LogP contribution < -0.4 is 0 Å².